The summed E-state index contributed by atoms with van der Waals surface area (Å²) in [7, 11) is 0. The van der Waals surface area contributed by atoms with Crippen molar-refractivity contribution in [3.8, 4) is 0 Å². The van der Waals surface area contributed by atoms with Gasteiger partial charge in [0.1, 0.15) is 0 Å². The largest absolute Gasteiger partial charge is 0.378 e. The quantitative estimate of drug-likeness (QED) is 0.846. The molecule has 0 saturated carbocycles. The molecule has 0 aromatic heterocycles. The normalized spacial score (nSPS) is 14.5. The van der Waals surface area contributed by atoms with Crippen LogP contribution < -0.4 is 10.2 Å². The van der Waals surface area contributed by atoms with E-state index < -0.39 is 0 Å². The number of nitrogens with one attached hydrogen (secondary N) is 1. The van der Waals surface area contributed by atoms with Crippen LogP contribution in [0, 0.1) is 0 Å². The van der Waals surface area contributed by atoms with Crippen molar-refractivity contribution in [2.75, 3.05) is 36.5 Å². The van der Waals surface area contributed by atoms with E-state index in [2.05, 4.69) is 60.5 Å². The van der Waals surface area contributed by atoms with Crippen molar-refractivity contribution < 1.29 is 9.53 Å². The van der Waals surface area contributed by atoms with Crippen LogP contribution in [0.25, 0.3) is 0 Å². The average Bonchev–Trinajstić information content (AvgIpc) is 2.68. The monoisotopic (exact) mass is 352 g/mol. The van der Waals surface area contributed by atoms with Crippen LogP contribution in [0.15, 0.2) is 48.5 Å². The van der Waals surface area contributed by atoms with Crippen LogP contribution in [0.5, 0.6) is 0 Å². The number of aryl methyl sites for hydroxylation is 1. The number of carbonyl (C=O) groups is 1. The topological polar surface area (TPSA) is 41.6 Å². The van der Waals surface area contributed by atoms with E-state index in [1.807, 2.05) is 12.1 Å². The molecular formula is C22H28N2O2. The number of benzene rings is 2. The van der Waals surface area contributed by atoms with Crippen LogP contribution in [0.2, 0.25) is 0 Å². The molecule has 0 radical (unpaired) electrons. The highest BCUT2D eigenvalue weighted by Crippen LogP contribution is 2.19. The molecule has 0 atom stereocenters. The van der Waals surface area contributed by atoms with E-state index in [1.165, 1.54) is 16.8 Å². The third kappa shape index (κ3) is 5.09. The van der Waals surface area contributed by atoms with Crippen LogP contribution in [0.4, 0.5) is 11.4 Å². The number of rotatable bonds is 6. The van der Waals surface area contributed by atoms with Crippen LogP contribution in [-0.2, 0) is 16.0 Å². The predicted molar refractivity (Wildman–Crippen MR) is 107 cm³/mol. The van der Waals surface area contributed by atoms with Gasteiger partial charge in [-0.25, -0.2) is 0 Å². The molecule has 2 aromatic rings. The molecule has 1 aliphatic heterocycles. The molecule has 0 aliphatic carbocycles. The number of carbonyl (C=O) groups excluding carboxylic acids is 1. The summed E-state index contributed by atoms with van der Waals surface area (Å²) in [6, 6.07) is 16.6. The maximum Gasteiger partial charge on any atom is 0.224 e. The van der Waals surface area contributed by atoms with E-state index in [9.17, 15) is 4.79 Å². The minimum atomic E-state index is 0.0528. The fraction of sp³-hybridized carbons (Fsp3) is 0.409. The molecule has 1 amide bonds. The summed E-state index contributed by atoms with van der Waals surface area (Å²) in [5, 5.41) is 2.99. The third-order valence-electron chi connectivity index (χ3n) is 4.81. The summed E-state index contributed by atoms with van der Waals surface area (Å²) in [5.41, 5.74) is 4.56. The highest BCUT2D eigenvalue weighted by Gasteiger charge is 2.11. The van der Waals surface area contributed by atoms with Crippen molar-refractivity contribution in [3.63, 3.8) is 0 Å². The molecule has 0 unspecified atom stereocenters. The Labute approximate surface area is 156 Å². The van der Waals surface area contributed by atoms with Gasteiger partial charge in [-0.15, -0.1) is 0 Å². The summed E-state index contributed by atoms with van der Waals surface area (Å²) >= 11 is 0. The molecule has 0 bridgehead atoms. The second-order valence-corrected chi connectivity index (χ2v) is 7.09. The molecule has 3 rings (SSSR count). The summed E-state index contributed by atoms with van der Waals surface area (Å²) in [4.78, 5) is 14.5. The molecular weight excluding hydrogens is 324 g/mol. The van der Waals surface area contributed by atoms with Gasteiger partial charge >= 0.3 is 0 Å². The number of anilines is 2. The Morgan fingerprint density at radius 3 is 2.31 bits per heavy atom. The molecule has 4 nitrogen and oxygen atoms in total. The van der Waals surface area contributed by atoms with E-state index in [-0.39, 0.29) is 5.91 Å². The van der Waals surface area contributed by atoms with Gasteiger partial charge in [0.15, 0.2) is 0 Å². The summed E-state index contributed by atoms with van der Waals surface area (Å²) in [5.74, 6) is 0.588. The van der Waals surface area contributed by atoms with Crippen LogP contribution >= 0.6 is 0 Å². The zero-order chi connectivity index (χ0) is 18.4. The van der Waals surface area contributed by atoms with Crippen molar-refractivity contribution in [2.24, 2.45) is 0 Å². The van der Waals surface area contributed by atoms with Gasteiger partial charge in [-0.1, -0.05) is 38.1 Å². The van der Waals surface area contributed by atoms with E-state index in [0.717, 1.165) is 38.4 Å². The molecule has 1 fully saturated rings. The number of ether oxygens (including phenoxy) is 1. The van der Waals surface area contributed by atoms with Gasteiger partial charge < -0.3 is 15.0 Å². The first-order valence-corrected chi connectivity index (χ1v) is 9.43. The summed E-state index contributed by atoms with van der Waals surface area (Å²) in [6.07, 6.45) is 1.25. The summed E-state index contributed by atoms with van der Waals surface area (Å²) in [6.45, 7) is 7.76. The number of nitrogens with zero attached hydrogens (tertiary/aromatic N) is 1. The molecule has 138 valence electrons. The van der Waals surface area contributed by atoms with Crippen LogP contribution in [0.3, 0.4) is 0 Å². The molecule has 2 aromatic carbocycles. The predicted octanol–water partition coefficient (Wildman–Crippen LogP) is 4.22. The van der Waals surface area contributed by atoms with E-state index in [1.54, 1.807) is 0 Å². The Hall–Kier alpha value is -2.33. The maximum atomic E-state index is 12.2. The Kier molecular flexibility index (Phi) is 6.29. The standard InChI is InChI=1S/C22H28N2O2/c1-17(2)19-6-3-18(4-7-19)5-12-22(25)23-20-8-10-21(11-9-20)24-13-15-26-16-14-24/h3-4,6-11,17H,5,12-16H2,1-2H3,(H,23,25). The fourth-order valence-corrected chi connectivity index (χ4v) is 3.13. The van der Waals surface area contributed by atoms with E-state index in [0.29, 0.717) is 12.3 Å². The minimum absolute atomic E-state index is 0.0528. The maximum absolute atomic E-state index is 12.2. The first-order valence-electron chi connectivity index (χ1n) is 9.43. The van der Waals surface area contributed by atoms with Crippen molar-refractivity contribution in [1.29, 1.82) is 0 Å². The third-order valence-corrected chi connectivity index (χ3v) is 4.81. The number of hydrogen-bond acceptors (Lipinski definition) is 3. The second-order valence-electron chi connectivity index (χ2n) is 7.09. The molecule has 1 N–H and O–H groups in total. The van der Waals surface area contributed by atoms with Crippen molar-refractivity contribution in [2.45, 2.75) is 32.6 Å². The highest BCUT2D eigenvalue weighted by molar-refractivity contribution is 5.91. The van der Waals surface area contributed by atoms with E-state index in [4.69, 9.17) is 4.74 Å². The van der Waals surface area contributed by atoms with E-state index >= 15 is 0 Å². The van der Waals surface area contributed by atoms with Crippen molar-refractivity contribution >= 4 is 17.3 Å². The Morgan fingerprint density at radius 2 is 1.69 bits per heavy atom. The molecule has 1 aliphatic rings. The number of hydrogen-bond donors (Lipinski definition) is 1. The van der Waals surface area contributed by atoms with Crippen molar-refractivity contribution in [1.82, 2.24) is 0 Å². The van der Waals surface area contributed by atoms with Crippen LogP contribution in [-0.4, -0.2) is 32.2 Å². The van der Waals surface area contributed by atoms with Gasteiger partial charge in [0, 0.05) is 30.9 Å². The molecule has 1 saturated heterocycles. The lowest BCUT2D eigenvalue weighted by Gasteiger charge is -2.28. The zero-order valence-electron chi connectivity index (χ0n) is 15.7. The Bertz CT molecular complexity index is 702. The molecule has 4 heteroatoms. The lowest BCUT2D eigenvalue weighted by atomic mass is 10.0. The van der Waals surface area contributed by atoms with Gasteiger partial charge in [0.25, 0.3) is 0 Å². The SMILES string of the molecule is CC(C)c1ccc(CCC(=O)Nc2ccc(N3CCOCC3)cc2)cc1. The second kappa shape index (κ2) is 8.86. The molecule has 1 heterocycles. The zero-order valence-corrected chi connectivity index (χ0v) is 15.7. The Morgan fingerprint density at radius 1 is 1.04 bits per heavy atom. The lowest BCUT2D eigenvalue weighted by molar-refractivity contribution is -0.116. The van der Waals surface area contributed by atoms with Gasteiger partial charge in [0.05, 0.1) is 13.2 Å². The Balaban J connectivity index is 1.48. The van der Waals surface area contributed by atoms with Crippen molar-refractivity contribution in [3.05, 3.63) is 59.7 Å². The molecule has 0 spiro atoms. The first kappa shape index (κ1) is 18.5. The molecule has 26 heavy (non-hydrogen) atoms. The van der Waals surface area contributed by atoms with Gasteiger partial charge in [-0.2, -0.15) is 0 Å². The highest BCUT2D eigenvalue weighted by atomic mass is 16.5. The minimum Gasteiger partial charge on any atom is -0.378 e. The van der Waals surface area contributed by atoms with Gasteiger partial charge in [-0.3, -0.25) is 4.79 Å². The first-order chi connectivity index (χ1) is 12.6. The van der Waals surface area contributed by atoms with Crippen LogP contribution in [0.1, 0.15) is 37.3 Å². The average molecular weight is 352 g/mol. The van der Waals surface area contributed by atoms with Gasteiger partial charge in [0.2, 0.25) is 5.91 Å². The summed E-state index contributed by atoms with van der Waals surface area (Å²) < 4.78 is 5.38. The lowest BCUT2D eigenvalue weighted by Crippen LogP contribution is -2.36. The number of morpholine rings is 1. The van der Waals surface area contributed by atoms with Gasteiger partial charge in [-0.05, 0) is 47.7 Å². The smallest absolute Gasteiger partial charge is 0.224 e. The number of amides is 1. The fourth-order valence-electron chi connectivity index (χ4n) is 3.13.